The van der Waals surface area contributed by atoms with Crippen LogP contribution in [0.2, 0.25) is 0 Å². The number of likely N-dealkylation sites (tertiary alicyclic amines) is 1. The summed E-state index contributed by atoms with van der Waals surface area (Å²) in [5, 5.41) is 6.66. The topological polar surface area (TPSA) is 121 Å². The van der Waals surface area contributed by atoms with Crippen molar-refractivity contribution in [1.29, 1.82) is 0 Å². The summed E-state index contributed by atoms with van der Waals surface area (Å²) in [6.07, 6.45) is 1.64. The summed E-state index contributed by atoms with van der Waals surface area (Å²) in [5.41, 5.74) is 0.436. The molecule has 0 bridgehead atoms. The zero-order valence-electron chi connectivity index (χ0n) is 25.5. The first-order chi connectivity index (χ1) is 19.1. The maximum Gasteiger partial charge on any atom is 0.268 e. The first-order valence-corrected chi connectivity index (χ1v) is 14.4. The van der Waals surface area contributed by atoms with Crippen molar-refractivity contribution in [1.82, 2.24) is 20.5 Å². The van der Waals surface area contributed by atoms with E-state index in [1.165, 1.54) is 6.08 Å². The summed E-state index contributed by atoms with van der Waals surface area (Å²) in [6, 6.07) is 4.91. The Hall–Kier alpha value is -3.62. The largest absolute Gasteiger partial charge is 0.496 e. The maximum absolute atomic E-state index is 14.1. The highest BCUT2D eigenvalue weighted by Crippen LogP contribution is 2.65. The van der Waals surface area contributed by atoms with Crippen LogP contribution in [0.15, 0.2) is 36.9 Å². The number of H-pyrrole nitrogens is 1. The Morgan fingerprint density at radius 2 is 1.88 bits per heavy atom. The highest BCUT2D eigenvalue weighted by atomic mass is 16.5. The van der Waals surface area contributed by atoms with Crippen LogP contribution in [0.3, 0.4) is 0 Å². The number of methoxy groups -OCH3 is 1. The van der Waals surface area contributed by atoms with E-state index in [2.05, 4.69) is 36.0 Å². The molecule has 3 amide bonds. The van der Waals surface area contributed by atoms with Crippen LogP contribution < -0.4 is 15.4 Å². The maximum atomic E-state index is 14.1. The lowest BCUT2D eigenvalue weighted by Gasteiger charge is -2.36. The van der Waals surface area contributed by atoms with Gasteiger partial charge in [0.2, 0.25) is 11.8 Å². The Kier molecular flexibility index (Phi) is 8.13. The fourth-order valence-electron chi connectivity index (χ4n) is 6.43. The second-order valence-corrected chi connectivity index (χ2v) is 13.6. The van der Waals surface area contributed by atoms with E-state index in [-0.39, 0.29) is 40.8 Å². The monoisotopic (exact) mass is 564 g/mol. The van der Waals surface area contributed by atoms with E-state index in [0.717, 1.165) is 10.9 Å². The molecule has 1 aromatic heterocycles. The second kappa shape index (κ2) is 11.0. The van der Waals surface area contributed by atoms with E-state index in [1.54, 1.807) is 18.1 Å². The molecule has 1 aliphatic carbocycles. The lowest BCUT2D eigenvalue weighted by molar-refractivity contribution is -0.143. The number of fused-ring (bicyclic) bond motifs is 2. The SMILES string of the molecule is C=CC(=O)C(NC(=O)[C@@H]1[C@@H]2[C@H](CN1C(=O)[C@H](CC(C)C)NC(=O)c1cc3c(OC)cccc3[nH]1)C2(C)C)C(C)(C)C. The quantitative estimate of drug-likeness (QED) is 0.376. The molecular formula is C32H44N4O5. The molecule has 1 saturated carbocycles. The van der Waals surface area contributed by atoms with Crippen molar-refractivity contribution in [3.63, 3.8) is 0 Å². The predicted octanol–water partition coefficient (Wildman–Crippen LogP) is 4.09. The van der Waals surface area contributed by atoms with Gasteiger partial charge in [-0.3, -0.25) is 19.2 Å². The van der Waals surface area contributed by atoms with Gasteiger partial charge in [-0.05, 0) is 59.3 Å². The van der Waals surface area contributed by atoms with E-state index in [9.17, 15) is 19.2 Å². The molecule has 1 unspecified atom stereocenters. The van der Waals surface area contributed by atoms with Crippen molar-refractivity contribution >= 4 is 34.4 Å². The van der Waals surface area contributed by atoms with Crippen LogP contribution in [0, 0.1) is 28.6 Å². The number of rotatable bonds is 10. The summed E-state index contributed by atoms with van der Waals surface area (Å²) >= 11 is 0. The third-order valence-corrected chi connectivity index (χ3v) is 8.80. The molecule has 0 radical (unpaired) electrons. The van der Waals surface area contributed by atoms with Crippen LogP contribution in [-0.4, -0.2) is 65.2 Å². The molecule has 41 heavy (non-hydrogen) atoms. The molecule has 1 aliphatic heterocycles. The van der Waals surface area contributed by atoms with Gasteiger partial charge in [0.25, 0.3) is 5.91 Å². The van der Waals surface area contributed by atoms with Gasteiger partial charge >= 0.3 is 0 Å². The van der Waals surface area contributed by atoms with Crippen molar-refractivity contribution in [2.24, 2.45) is 28.6 Å². The first kappa shape index (κ1) is 30.3. The normalized spacial score (nSPS) is 22.6. The molecule has 1 aromatic carbocycles. The Morgan fingerprint density at radius 3 is 2.46 bits per heavy atom. The molecule has 2 fully saturated rings. The number of amides is 3. The lowest BCUT2D eigenvalue weighted by Crippen LogP contribution is -2.59. The van der Waals surface area contributed by atoms with Gasteiger partial charge in [0, 0.05) is 17.4 Å². The van der Waals surface area contributed by atoms with Crippen molar-refractivity contribution in [3.8, 4) is 5.75 Å². The van der Waals surface area contributed by atoms with Crippen LogP contribution in [0.1, 0.15) is 65.4 Å². The molecule has 9 heteroatoms. The van der Waals surface area contributed by atoms with E-state index in [0.29, 0.717) is 24.4 Å². The number of nitrogens with zero attached hydrogens (tertiary/aromatic N) is 1. The van der Waals surface area contributed by atoms with E-state index in [4.69, 9.17) is 4.74 Å². The minimum Gasteiger partial charge on any atom is -0.496 e. The third kappa shape index (κ3) is 5.76. The summed E-state index contributed by atoms with van der Waals surface area (Å²) in [6.45, 7) is 17.9. The minimum atomic E-state index is -0.819. The fourth-order valence-corrected chi connectivity index (χ4v) is 6.43. The van der Waals surface area contributed by atoms with Gasteiger partial charge in [0.05, 0.1) is 13.2 Å². The van der Waals surface area contributed by atoms with Crippen molar-refractivity contribution in [2.75, 3.05) is 13.7 Å². The number of aromatic nitrogens is 1. The summed E-state index contributed by atoms with van der Waals surface area (Å²) in [4.78, 5) is 58.7. The average molecular weight is 565 g/mol. The highest BCUT2D eigenvalue weighted by molar-refractivity contribution is 6.02. The number of hydrogen-bond acceptors (Lipinski definition) is 5. The number of hydrogen-bond donors (Lipinski definition) is 3. The zero-order valence-corrected chi connectivity index (χ0v) is 25.5. The van der Waals surface area contributed by atoms with Gasteiger partial charge in [-0.1, -0.05) is 61.1 Å². The molecule has 3 N–H and O–H groups in total. The molecule has 2 heterocycles. The van der Waals surface area contributed by atoms with Crippen LogP contribution in [0.4, 0.5) is 0 Å². The van der Waals surface area contributed by atoms with Crippen LogP contribution in [0.25, 0.3) is 10.9 Å². The molecule has 1 saturated heterocycles. The molecular weight excluding hydrogens is 520 g/mol. The molecule has 0 spiro atoms. The second-order valence-electron chi connectivity index (χ2n) is 13.6. The molecule has 2 aromatic rings. The minimum absolute atomic E-state index is 0.0255. The highest BCUT2D eigenvalue weighted by Gasteiger charge is 2.69. The first-order valence-electron chi connectivity index (χ1n) is 14.4. The number of aromatic amines is 1. The number of ether oxygens (including phenoxy) is 1. The average Bonchev–Trinajstić information content (AvgIpc) is 3.28. The Bertz CT molecular complexity index is 1370. The summed E-state index contributed by atoms with van der Waals surface area (Å²) in [7, 11) is 1.57. The van der Waals surface area contributed by atoms with Gasteiger partial charge in [0.15, 0.2) is 5.78 Å². The number of piperidine rings is 1. The Labute approximate surface area is 242 Å². The predicted molar refractivity (Wildman–Crippen MR) is 158 cm³/mol. The number of ketones is 1. The summed E-state index contributed by atoms with van der Waals surface area (Å²) < 4.78 is 5.42. The van der Waals surface area contributed by atoms with Crippen molar-refractivity contribution in [3.05, 3.63) is 42.6 Å². The van der Waals surface area contributed by atoms with Crippen LogP contribution in [0.5, 0.6) is 5.75 Å². The van der Waals surface area contributed by atoms with Crippen LogP contribution in [-0.2, 0) is 14.4 Å². The zero-order chi connectivity index (χ0) is 30.4. The van der Waals surface area contributed by atoms with E-state index >= 15 is 0 Å². The summed E-state index contributed by atoms with van der Waals surface area (Å²) in [5.74, 6) is -0.405. The lowest BCUT2D eigenvalue weighted by atomic mass is 9.83. The third-order valence-electron chi connectivity index (χ3n) is 8.80. The van der Waals surface area contributed by atoms with Crippen molar-refractivity contribution < 1.29 is 23.9 Å². The van der Waals surface area contributed by atoms with Gasteiger partial charge in [-0.15, -0.1) is 0 Å². The standard InChI is InChI=1S/C32H44N4O5/c1-10-23(37)27(31(4,5)6)35-29(39)26-25-19(32(25,7)8)16-36(26)30(40)22(14-17(2)3)34-28(38)21-15-18-20(33-21)12-11-13-24(18)41-9/h10-13,15,17,19,22,25-27,33H,1,14,16H2,2-9H3,(H,34,38)(H,35,39)/t19-,22-,25-,26-,27?/m0/s1. The van der Waals surface area contributed by atoms with E-state index < -0.39 is 29.4 Å². The number of nitrogens with one attached hydrogen (secondary N) is 3. The molecule has 222 valence electrons. The van der Waals surface area contributed by atoms with Crippen LogP contribution >= 0.6 is 0 Å². The van der Waals surface area contributed by atoms with Gasteiger partial charge in [0.1, 0.15) is 23.5 Å². The molecule has 5 atom stereocenters. The van der Waals surface area contributed by atoms with Gasteiger partial charge < -0.3 is 25.3 Å². The molecule has 4 rings (SSSR count). The Balaban J connectivity index is 1.59. The van der Waals surface area contributed by atoms with Crippen molar-refractivity contribution in [2.45, 2.75) is 73.0 Å². The number of carbonyl (C=O) groups excluding carboxylic acids is 4. The number of carbonyl (C=O) groups is 4. The number of benzene rings is 1. The van der Waals surface area contributed by atoms with E-state index in [1.807, 2.05) is 52.8 Å². The Morgan fingerprint density at radius 1 is 1.20 bits per heavy atom. The van der Waals surface area contributed by atoms with Gasteiger partial charge in [-0.2, -0.15) is 0 Å². The molecule has 9 nitrogen and oxygen atoms in total. The smallest absolute Gasteiger partial charge is 0.268 e. The molecule has 2 aliphatic rings. The fraction of sp³-hybridized carbons (Fsp3) is 0.562. The van der Waals surface area contributed by atoms with Gasteiger partial charge in [-0.25, -0.2) is 0 Å².